The van der Waals surface area contributed by atoms with Crippen molar-refractivity contribution in [3.8, 4) is 0 Å². The summed E-state index contributed by atoms with van der Waals surface area (Å²) in [6, 6.07) is -0.672. The second kappa shape index (κ2) is 20.2. The number of carbonyl (C=O) groups is 3. The van der Waals surface area contributed by atoms with Gasteiger partial charge in [-0.05, 0) is 71.5 Å². The number of amides is 2. The number of ether oxygens (including phenoxy) is 1. The lowest BCUT2D eigenvalue weighted by Gasteiger charge is -2.19. The van der Waals surface area contributed by atoms with Gasteiger partial charge in [0.1, 0.15) is 12.1 Å². The lowest BCUT2D eigenvalue weighted by Crippen LogP contribution is -2.46. The van der Waals surface area contributed by atoms with E-state index < -0.39 is 12.1 Å². The van der Waals surface area contributed by atoms with Crippen LogP contribution in [0.15, 0.2) is 4.99 Å². The van der Waals surface area contributed by atoms with Crippen LogP contribution in [0.5, 0.6) is 0 Å². The Morgan fingerprint density at radius 2 is 1.70 bits per heavy atom. The highest BCUT2D eigenvalue weighted by Crippen LogP contribution is 2.11. The first-order valence-corrected chi connectivity index (χ1v) is 12.0. The molecule has 0 aliphatic heterocycles. The quantitative estimate of drug-likeness (QED) is 0.0613. The highest BCUT2D eigenvalue weighted by Gasteiger charge is 2.21. The number of hydrogen-bond acceptors (Lipinski definition) is 7. The van der Waals surface area contributed by atoms with E-state index in [0.717, 1.165) is 32.4 Å². The fraction of sp³-hybridized carbons (Fsp3) is 0.818. The van der Waals surface area contributed by atoms with Crippen LogP contribution in [-0.2, 0) is 19.1 Å². The van der Waals surface area contributed by atoms with Crippen molar-refractivity contribution in [3.63, 3.8) is 0 Å². The van der Waals surface area contributed by atoms with Crippen molar-refractivity contribution >= 4 is 23.7 Å². The molecule has 33 heavy (non-hydrogen) atoms. The van der Waals surface area contributed by atoms with Crippen LogP contribution in [-0.4, -0.2) is 68.6 Å². The number of rotatable bonds is 20. The van der Waals surface area contributed by atoms with Crippen molar-refractivity contribution < 1.29 is 19.1 Å². The predicted octanol–water partition coefficient (Wildman–Crippen LogP) is -0.128. The van der Waals surface area contributed by atoms with E-state index in [1.165, 1.54) is 0 Å². The van der Waals surface area contributed by atoms with Gasteiger partial charge in [0.05, 0.1) is 6.42 Å². The Labute approximate surface area is 198 Å². The summed E-state index contributed by atoms with van der Waals surface area (Å²) >= 11 is 0. The molecular weight excluding hydrogens is 426 g/mol. The third kappa shape index (κ3) is 18.8. The van der Waals surface area contributed by atoms with E-state index in [0.29, 0.717) is 51.7 Å². The zero-order chi connectivity index (χ0) is 24.9. The van der Waals surface area contributed by atoms with Crippen molar-refractivity contribution in [2.45, 2.75) is 83.8 Å². The highest BCUT2D eigenvalue weighted by atomic mass is 16.5. The van der Waals surface area contributed by atoms with Crippen LogP contribution in [0.3, 0.4) is 0 Å². The molecule has 0 aromatic rings. The number of carbonyl (C=O) groups excluding carboxylic acids is 3. The van der Waals surface area contributed by atoms with E-state index >= 15 is 0 Å². The maximum absolute atomic E-state index is 12.4. The molecule has 0 aliphatic carbocycles. The van der Waals surface area contributed by atoms with Gasteiger partial charge < -0.3 is 37.9 Å². The Balaban J connectivity index is 4.33. The molecule has 0 bridgehead atoms. The number of nitrogens with two attached hydrogens (primary N) is 3. The summed E-state index contributed by atoms with van der Waals surface area (Å²) in [7, 11) is 0. The SMILES string of the molecule is CCCC(=O)OC(CCCCN=C(N)N)CC(=O)N[C@@H](C)C(=O)NCCCCNCCCN. The molecular formula is C22H45N7O4. The Bertz CT molecular complexity index is 583. The highest BCUT2D eigenvalue weighted by molar-refractivity contribution is 5.87. The molecule has 0 rings (SSSR count). The monoisotopic (exact) mass is 471 g/mol. The second-order valence-electron chi connectivity index (χ2n) is 8.05. The molecule has 192 valence electrons. The molecule has 0 fully saturated rings. The summed E-state index contributed by atoms with van der Waals surface area (Å²) in [6.07, 6.45) is 5.09. The van der Waals surface area contributed by atoms with Gasteiger partial charge in [0.15, 0.2) is 5.96 Å². The maximum atomic E-state index is 12.4. The average molecular weight is 472 g/mol. The van der Waals surface area contributed by atoms with Gasteiger partial charge in [0.25, 0.3) is 0 Å². The Hall–Kier alpha value is -2.40. The van der Waals surface area contributed by atoms with Gasteiger partial charge in [-0.3, -0.25) is 19.4 Å². The van der Waals surface area contributed by atoms with Gasteiger partial charge in [0, 0.05) is 19.5 Å². The first kappa shape index (κ1) is 30.6. The predicted molar refractivity (Wildman–Crippen MR) is 130 cm³/mol. The molecule has 9 N–H and O–H groups in total. The Kier molecular flexibility index (Phi) is 18.8. The molecule has 0 heterocycles. The van der Waals surface area contributed by atoms with E-state index in [-0.39, 0.29) is 30.2 Å². The van der Waals surface area contributed by atoms with Crippen molar-refractivity contribution in [1.82, 2.24) is 16.0 Å². The first-order chi connectivity index (χ1) is 15.8. The molecule has 0 aromatic heterocycles. The summed E-state index contributed by atoms with van der Waals surface area (Å²) < 4.78 is 5.46. The second-order valence-corrected chi connectivity index (χ2v) is 8.05. The zero-order valence-electron chi connectivity index (χ0n) is 20.4. The van der Waals surface area contributed by atoms with Crippen molar-refractivity contribution in [2.24, 2.45) is 22.2 Å². The minimum Gasteiger partial charge on any atom is -0.462 e. The smallest absolute Gasteiger partial charge is 0.306 e. The van der Waals surface area contributed by atoms with Gasteiger partial charge in [-0.25, -0.2) is 0 Å². The molecule has 0 aromatic carbocycles. The third-order valence-corrected chi connectivity index (χ3v) is 4.80. The summed E-state index contributed by atoms with van der Waals surface area (Å²) in [6.45, 7) is 7.00. The lowest BCUT2D eigenvalue weighted by atomic mass is 10.1. The Morgan fingerprint density at radius 1 is 1.00 bits per heavy atom. The number of unbranched alkanes of at least 4 members (excludes halogenated alkanes) is 2. The van der Waals surface area contributed by atoms with Gasteiger partial charge in [-0.2, -0.15) is 0 Å². The van der Waals surface area contributed by atoms with Gasteiger partial charge in [-0.15, -0.1) is 0 Å². The topological polar surface area (TPSA) is 187 Å². The largest absolute Gasteiger partial charge is 0.462 e. The van der Waals surface area contributed by atoms with Crippen molar-refractivity contribution in [2.75, 3.05) is 32.7 Å². The van der Waals surface area contributed by atoms with Crippen LogP contribution < -0.4 is 33.2 Å². The lowest BCUT2D eigenvalue weighted by molar-refractivity contribution is -0.151. The molecule has 0 saturated heterocycles. The van der Waals surface area contributed by atoms with Crippen LogP contribution in [0.2, 0.25) is 0 Å². The number of hydrogen-bond donors (Lipinski definition) is 6. The minimum absolute atomic E-state index is 0.00381. The normalized spacial score (nSPS) is 12.5. The van der Waals surface area contributed by atoms with Crippen molar-refractivity contribution in [3.05, 3.63) is 0 Å². The molecule has 2 atom stereocenters. The molecule has 11 heteroatoms. The summed E-state index contributed by atoms with van der Waals surface area (Å²) in [5.41, 5.74) is 16.0. The summed E-state index contributed by atoms with van der Waals surface area (Å²) in [5, 5.41) is 8.80. The van der Waals surface area contributed by atoms with E-state index in [4.69, 9.17) is 21.9 Å². The minimum atomic E-state index is -0.672. The third-order valence-electron chi connectivity index (χ3n) is 4.80. The van der Waals surface area contributed by atoms with Crippen molar-refractivity contribution in [1.29, 1.82) is 0 Å². The van der Waals surface area contributed by atoms with Crippen LogP contribution in [0.25, 0.3) is 0 Å². The number of guanidine groups is 1. The van der Waals surface area contributed by atoms with Crippen LogP contribution in [0, 0.1) is 0 Å². The molecule has 0 aliphatic rings. The van der Waals surface area contributed by atoms with E-state index in [1.807, 2.05) is 6.92 Å². The van der Waals surface area contributed by atoms with E-state index in [2.05, 4.69) is 20.9 Å². The number of nitrogens with one attached hydrogen (secondary N) is 3. The molecule has 0 radical (unpaired) electrons. The summed E-state index contributed by atoms with van der Waals surface area (Å²) in [5.74, 6) is -0.869. The van der Waals surface area contributed by atoms with Gasteiger partial charge in [0.2, 0.25) is 11.8 Å². The van der Waals surface area contributed by atoms with E-state index in [1.54, 1.807) is 6.92 Å². The zero-order valence-corrected chi connectivity index (χ0v) is 20.4. The van der Waals surface area contributed by atoms with Crippen LogP contribution in [0.4, 0.5) is 0 Å². The molecule has 0 spiro atoms. The fourth-order valence-electron chi connectivity index (χ4n) is 3.01. The number of nitrogens with zero attached hydrogens (tertiary/aromatic N) is 1. The Morgan fingerprint density at radius 3 is 2.36 bits per heavy atom. The van der Waals surface area contributed by atoms with Gasteiger partial charge in [-0.1, -0.05) is 6.92 Å². The fourth-order valence-corrected chi connectivity index (χ4v) is 3.01. The molecule has 2 amide bonds. The van der Waals surface area contributed by atoms with E-state index in [9.17, 15) is 14.4 Å². The molecule has 11 nitrogen and oxygen atoms in total. The van der Waals surface area contributed by atoms with Crippen LogP contribution >= 0.6 is 0 Å². The number of esters is 1. The number of aliphatic imine (C=N–C) groups is 1. The average Bonchev–Trinajstić information content (AvgIpc) is 2.74. The first-order valence-electron chi connectivity index (χ1n) is 12.0. The van der Waals surface area contributed by atoms with Crippen LogP contribution in [0.1, 0.15) is 71.6 Å². The molecule has 0 saturated carbocycles. The molecule has 1 unspecified atom stereocenters. The summed E-state index contributed by atoms with van der Waals surface area (Å²) in [4.78, 5) is 40.5. The van der Waals surface area contributed by atoms with Gasteiger partial charge >= 0.3 is 5.97 Å². The standard InChI is InChI=1S/C22H45N7O4/c1-3-9-20(31)33-18(10-4-5-15-28-22(24)25)16-19(30)29-17(2)21(32)27-14-7-6-12-26-13-8-11-23/h17-18,26H,3-16,23H2,1-2H3,(H,27,32)(H,29,30)(H4,24,25,28)/t17-,18?/m0/s1. The maximum Gasteiger partial charge on any atom is 0.306 e.